The Kier molecular flexibility index (Phi) is 3.89. The summed E-state index contributed by atoms with van der Waals surface area (Å²) >= 11 is 0. The minimum absolute atomic E-state index is 0.0348. The van der Waals surface area contributed by atoms with Crippen molar-refractivity contribution in [2.24, 2.45) is 5.73 Å². The zero-order valence-electron chi connectivity index (χ0n) is 11.3. The van der Waals surface area contributed by atoms with Gasteiger partial charge in [-0.2, -0.15) is 0 Å². The normalized spacial score (nSPS) is 20.1. The molecular formula is C13H18N2O4S. The van der Waals surface area contributed by atoms with Gasteiger partial charge in [0.15, 0.2) is 9.84 Å². The molecule has 1 aliphatic rings. The van der Waals surface area contributed by atoms with Crippen LogP contribution in [0.3, 0.4) is 0 Å². The van der Waals surface area contributed by atoms with E-state index in [1.807, 2.05) is 0 Å². The molecule has 0 bridgehead atoms. The highest BCUT2D eigenvalue weighted by molar-refractivity contribution is 7.91. The number of rotatable bonds is 4. The Hall–Kier alpha value is -1.76. The number of benzene rings is 1. The Morgan fingerprint density at radius 2 is 2.00 bits per heavy atom. The molecule has 0 aromatic heterocycles. The molecule has 0 unspecified atom stereocenters. The minimum atomic E-state index is -3.06. The van der Waals surface area contributed by atoms with Crippen LogP contribution in [0.25, 0.3) is 0 Å². The van der Waals surface area contributed by atoms with Crippen molar-refractivity contribution in [3.8, 4) is 5.75 Å². The maximum Gasteiger partial charge on any atom is 0.243 e. The number of anilines is 1. The SMILES string of the molecule is COc1cccc(NC2(C(N)=O)CCS(=O)(=O)CC2)c1. The predicted molar refractivity (Wildman–Crippen MR) is 76.4 cm³/mol. The number of primary amides is 1. The lowest BCUT2D eigenvalue weighted by molar-refractivity contribution is -0.122. The summed E-state index contributed by atoms with van der Waals surface area (Å²) in [7, 11) is -1.51. The number of amides is 1. The van der Waals surface area contributed by atoms with Gasteiger partial charge in [0, 0.05) is 11.8 Å². The second kappa shape index (κ2) is 5.32. The van der Waals surface area contributed by atoms with Crippen LogP contribution in [0.15, 0.2) is 24.3 Å². The first-order valence-corrected chi connectivity index (χ1v) is 8.12. The van der Waals surface area contributed by atoms with Gasteiger partial charge in [-0.1, -0.05) is 6.07 Å². The molecule has 0 aliphatic carbocycles. The molecule has 2 rings (SSSR count). The van der Waals surface area contributed by atoms with E-state index in [-0.39, 0.29) is 24.3 Å². The number of carbonyl (C=O) groups excluding carboxylic acids is 1. The summed E-state index contributed by atoms with van der Waals surface area (Å²) < 4.78 is 28.1. The number of nitrogens with one attached hydrogen (secondary N) is 1. The molecule has 1 aromatic carbocycles. The maximum absolute atomic E-state index is 11.8. The van der Waals surface area contributed by atoms with Gasteiger partial charge >= 0.3 is 0 Å². The van der Waals surface area contributed by atoms with Gasteiger partial charge in [0.2, 0.25) is 5.91 Å². The summed E-state index contributed by atoms with van der Waals surface area (Å²) in [6, 6.07) is 7.10. The van der Waals surface area contributed by atoms with Crippen molar-refractivity contribution in [3.63, 3.8) is 0 Å². The van der Waals surface area contributed by atoms with E-state index in [4.69, 9.17) is 10.5 Å². The van der Waals surface area contributed by atoms with Gasteiger partial charge in [-0.15, -0.1) is 0 Å². The van der Waals surface area contributed by atoms with Gasteiger partial charge in [-0.25, -0.2) is 8.42 Å². The number of hydrogen-bond acceptors (Lipinski definition) is 5. The molecule has 1 aromatic rings. The van der Waals surface area contributed by atoms with E-state index in [1.54, 1.807) is 31.4 Å². The molecule has 20 heavy (non-hydrogen) atoms. The number of hydrogen-bond donors (Lipinski definition) is 2. The number of sulfone groups is 1. The number of nitrogens with two attached hydrogens (primary N) is 1. The Morgan fingerprint density at radius 3 is 2.55 bits per heavy atom. The average molecular weight is 298 g/mol. The van der Waals surface area contributed by atoms with Crippen molar-refractivity contribution < 1.29 is 17.9 Å². The standard InChI is InChI=1S/C13H18N2O4S/c1-19-11-4-2-3-10(9-11)15-13(12(14)16)5-7-20(17,18)8-6-13/h2-4,9,15H,5-8H2,1H3,(H2,14,16). The first-order chi connectivity index (χ1) is 9.37. The van der Waals surface area contributed by atoms with Gasteiger partial charge in [-0.05, 0) is 25.0 Å². The lowest BCUT2D eigenvalue weighted by atomic mass is 9.91. The van der Waals surface area contributed by atoms with Crippen molar-refractivity contribution in [1.82, 2.24) is 0 Å². The van der Waals surface area contributed by atoms with Crippen LogP contribution in [-0.4, -0.2) is 38.5 Å². The maximum atomic E-state index is 11.8. The highest BCUT2D eigenvalue weighted by atomic mass is 32.2. The minimum Gasteiger partial charge on any atom is -0.497 e. The van der Waals surface area contributed by atoms with Crippen LogP contribution < -0.4 is 15.8 Å². The molecular weight excluding hydrogens is 280 g/mol. The van der Waals surface area contributed by atoms with E-state index in [1.165, 1.54) is 0 Å². The van der Waals surface area contributed by atoms with E-state index in [0.717, 1.165) is 0 Å². The highest BCUT2D eigenvalue weighted by Gasteiger charge is 2.42. The number of ether oxygens (including phenoxy) is 1. The Balaban J connectivity index is 2.24. The van der Waals surface area contributed by atoms with Crippen molar-refractivity contribution in [1.29, 1.82) is 0 Å². The molecule has 1 saturated heterocycles. The second-order valence-corrected chi connectivity index (χ2v) is 7.26. The fraction of sp³-hybridized carbons (Fsp3) is 0.462. The van der Waals surface area contributed by atoms with E-state index >= 15 is 0 Å². The average Bonchev–Trinajstić information content (AvgIpc) is 2.41. The monoisotopic (exact) mass is 298 g/mol. The molecule has 3 N–H and O–H groups in total. The third-order valence-electron chi connectivity index (χ3n) is 3.60. The Morgan fingerprint density at radius 1 is 1.35 bits per heavy atom. The molecule has 6 nitrogen and oxygen atoms in total. The van der Waals surface area contributed by atoms with Crippen molar-refractivity contribution in [3.05, 3.63) is 24.3 Å². The van der Waals surface area contributed by atoms with E-state index < -0.39 is 21.3 Å². The highest BCUT2D eigenvalue weighted by Crippen LogP contribution is 2.29. The van der Waals surface area contributed by atoms with Gasteiger partial charge in [-0.3, -0.25) is 4.79 Å². The number of methoxy groups -OCH3 is 1. The summed E-state index contributed by atoms with van der Waals surface area (Å²) in [5.41, 5.74) is 5.15. The van der Waals surface area contributed by atoms with Crippen LogP contribution in [-0.2, 0) is 14.6 Å². The Bertz CT molecular complexity index is 599. The van der Waals surface area contributed by atoms with E-state index in [9.17, 15) is 13.2 Å². The van der Waals surface area contributed by atoms with E-state index in [2.05, 4.69) is 5.32 Å². The van der Waals surface area contributed by atoms with Gasteiger partial charge in [0.05, 0.1) is 18.6 Å². The lowest BCUT2D eigenvalue weighted by Gasteiger charge is -2.35. The molecule has 1 amide bonds. The topological polar surface area (TPSA) is 98.5 Å². The molecule has 0 radical (unpaired) electrons. The summed E-state index contributed by atoms with van der Waals surface area (Å²) in [5, 5.41) is 3.09. The summed E-state index contributed by atoms with van der Waals surface area (Å²) in [6.45, 7) is 0. The van der Waals surface area contributed by atoms with Crippen LogP contribution in [0.5, 0.6) is 5.75 Å². The van der Waals surface area contributed by atoms with Crippen LogP contribution >= 0.6 is 0 Å². The zero-order chi connectivity index (χ0) is 14.8. The fourth-order valence-corrected chi connectivity index (χ4v) is 3.82. The third kappa shape index (κ3) is 3.04. The molecule has 1 aliphatic heterocycles. The summed E-state index contributed by atoms with van der Waals surface area (Å²) in [4.78, 5) is 11.8. The van der Waals surface area contributed by atoms with Crippen LogP contribution in [0.4, 0.5) is 5.69 Å². The van der Waals surface area contributed by atoms with Crippen LogP contribution in [0, 0.1) is 0 Å². The third-order valence-corrected chi connectivity index (χ3v) is 5.26. The first-order valence-electron chi connectivity index (χ1n) is 6.29. The smallest absolute Gasteiger partial charge is 0.243 e. The molecule has 1 heterocycles. The molecule has 0 saturated carbocycles. The zero-order valence-corrected chi connectivity index (χ0v) is 12.1. The largest absolute Gasteiger partial charge is 0.497 e. The quantitative estimate of drug-likeness (QED) is 0.845. The summed E-state index contributed by atoms with van der Waals surface area (Å²) in [5.74, 6) is 0.0491. The van der Waals surface area contributed by atoms with Crippen molar-refractivity contribution in [2.75, 3.05) is 23.9 Å². The van der Waals surface area contributed by atoms with Crippen LogP contribution in [0.1, 0.15) is 12.8 Å². The molecule has 0 atom stereocenters. The van der Waals surface area contributed by atoms with Crippen molar-refractivity contribution >= 4 is 21.4 Å². The molecule has 110 valence electrons. The summed E-state index contributed by atoms with van der Waals surface area (Å²) in [6.07, 6.45) is 0.365. The predicted octanol–water partition coefficient (Wildman–Crippen LogP) is 0.540. The first kappa shape index (κ1) is 14.6. The van der Waals surface area contributed by atoms with Gasteiger partial charge < -0.3 is 15.8 Å². The molecule has 1 fully saturated rings. The van der Waals surface area contributed by atoms with Gasteiger partial charge in [0.25, 0.3) is 0 Å². The fourth-order valence-electron chi connectivity index (χ4n) is 2.30. The van der Waals surface area contributed by atoms with Gasteiger partial charge in [0.1, 0.15) is 11.3 Å². The molecule has 7 heteroatoms. The van der Waals surface area contributed by atoms with Crippen LogP contribution in [0.2, 0.25) is 0 Å². The number of carbonyl (C=O) groups is 1. The second-order valence-electron chi connectivity index (χ2n) is 4.96. The van der Waals surface area contributed by atoms with E-state index in [0.29, 0.717) is 11.4 Å². The Labute approximate surface area is 118 Å². The van der Waals surface area contributed by atoms with Crippen molar-refractivity contribution in [2.45, 2.75) is 18.4 Å². The molecule has 0 spiro atoms. The lowest BCUT2D eigenvalue weighted by Crippen LogP contribution is -2.55.